The molecule has 1 aliphatic rings. The summed E-state index contributed by atoms with van der Waals surface area (Å²) in [5.74, 6) is 1.08. The topological polar surface area (TPSA) is 99.2 Å². The van der Waals surface area contributed by atoms with E-state index in [1.54, 1.807) is 19.5 Å². The first-order chi connectivity index (χ1) is 13.7. The number of nitrogens with two attached hydrogens (primary N) is 1. The van der Waals surface area contributed by atoms with Gasteiger partial charge in [-0.05, 0) is 24.1 Å². The molecule has 3 heterocycles. The zero-order valence-corrected chi connectivity index (χ0v) is 15.9. The predicted octanol–water partition coefficient (Wildman–Crippen LogP) is 1.35. The minimum Gasteiger partial charge on any atom is -0.497 e. The van der Waals surface area contributed by atoms with Crippen molar-refractivity contribution in [2.45, 2.75) is 25.3 Å². The van der Waals surface area contributed by atoms with E-state index in [9.17, 15) is 4.79 Å². The number of nitrogens with zero attached hydrogens (tertiary/aromatic N) is 5. The van der Waals surface area contributed by atoms with Crippen molar-refractivity contribution in [3.8, 4) is 5.75 Å². The minimum absolute atomic E-state index is 0.129. The summed E-state index contributed by atoms with van der Waals surface area (Å²) in [5, 5.41) is 4.72. The van der Waals surface area contributed by atoms with Crippen LogP contribution in [0, 0.1) is 0 Å². The molecule has 1 atom stereocenters. The quantitative estimate of drug-likeness (QED) is 0.693. The van der Waals surface area contributed by atoms with Crippen molar-refractivity contribution in [1.29, 1.82) is 0 Å². The number of amides is 1. The fourth-order valence-corrected chi connectivity index (χ4v) is 3.72. The lowest BCUT2D eigenvalue weighted by Crippen LogP contribution is -2.29. The van der Waals surface area contributed by atoms with Crippen molar-refractivity contribution in [3.63, 3.8) is 0 Å². The summed E-state index contributed by atoms with van der Waals surface area (Å²) in [4.78, 5) is 23.5. The normalized spacial score (nSPS) is 16.6. The maximum absolute atomic E-state index is 12.7. The minimum atomic E-state index is 0.129. The Morgan fingerprint density at radius 1 is 1.25 bits per heavy atom. The summed E-state index contributed by atoms with van der Waals surface area (Å²) in [6, 6.07) is 7.62. The summed E-state index contributed by atoms with van der Waals surface area (Å²) in [5.41, 5.74) is 9.16. The number of methoxy groups -OCH3 is 1. The SMILES string of the molecule is COc1ccc(CC(=O)N2CC[C@@H](c3nn(CCN)c4nccnc34)C2)cc1. The number of rotatable bonds is 6. The molecule has 8 nitrogen and oxygen atoms in total. The molecule has 28 heavy (non-hydrogen) atoms. The Balaban J connectivity index is 1.48. The van der Waals surface area contributed by atoms with Gasteiger partial charge in [0, 0.05) is 37.9 Å². The van der Waals surface area contributed by atoms with Gasteiger partial charge in [-0.25, -0.2) is 14.6 Å². The maximum atomic E-state index is 12.7. The van der Waals surface area contributed by atoms with E-state index in [0.717, 1.165) is 41.1 Å². The number of ether oxygens (including phenoxy) is 1. The van der Waals surface area contributed by atoms with E-state index in [-0.39, 0.29) is 11.8 Å². The van der Waals surface area contributed by atoms with E-state index < -0.39 is 0 Å². The van der Waals surface area contributed by atoms with Gasteiger partial charge in [0.2, 0.25) is 5.91 Å². The Hall–Kier alpha value is -3.00. The number of hydrogen-bond acceptors (Lipinski definition) is 6. The van der Waals surface area contributed by atoms with E-state index in [1.807, 2.05) is 33.8 Å². The second-order valence-electron chi connectivity index (χ2n) is 6.98. The standard InChI is InChI=1S/C20H24N6O2/c1-28-16-4-2-14(3-5-16)12-17(27)25-10-6-15(13-25)18-19-20(23-9-8-22-19)26(24-18)11-7-21/h2-5,8-9,15H,6-7,10-13,21H2,1H3/t15-/m1/s1. The van der Waals surface area contributed by atoms with Crippen LogP contribution in [0.1, 0.15) is 23.6 Å². The van der Waals surface area contributed by atoms with Crippen molar-refractivity contribution >= 4 is 17.1 Å². The molecule has 0 bridgehead atoms. The first kappa shape index (κ1) is 18.4. The molecule has 1 saturated heterocycles. The van der Waals surface area contributed by atoms with Crippen LogP contribution < -0.4 is 10.5 Å². The van der Waals surface area contributed by atoms with Crippen LogP contribution in [0.5, 0.6) is 5.75 Å². The largest absolute Gasteiger partial charge is 0.497 e. The highest BCUT2D eigenvalue weighted by Crippen LogP contribution is 2.30. The lowest BCUT2D eigenvalue weighted by molar-refractivity contribution is -0.129. The molecular formula is C20H24N6O2. The number of carbonyl (C=O) groups is 1. The number of fused-ring (bicyclic) bond motifs is 1. The van der Waals surface area contributed by atoms with Gasteiger partial charge in [-0.15, -0.1) is 0 Å². The van der Waals surface area contributed by atoms with E-state index in [4.69, 9.17) is 15.6 Å². The average molecular weight is 380 g/mol. The number of aromatic nitrogens is 4. The Morgan fingerprint density at radius 3 is 2.79 bits per heavy atom. The summed E-state index contributed by atoms with van der Waals surface area (Å²) in [7, 11) is 1.63. The van der Waals surface area contributed by atoms with Gasteiger partial charge in [0.15, 0.2) is 5.65 Å². The van der Waals surface area contributed by atoms with E-state index >= 15 is 0 Å². The summed E-state index contributed by atoms with van der Waals surface area (Å²) in [6.07, 6.45) is 4.61. The Bertz CT molecular complexity index is 968. The number of likely N-dealkylation sites (tertiary alicyclic amines) is 1. The van der Waals surface area contributed by atoms with Crippen LogP contribution in [0.2, 0.25) is 0 Å². The monoisotopic (exact) mass is 380 g/mol. The molecule has 0 unspecified atom stereocenters. The maximum Gasteiger partial charge on any atom is 0.227 e. The van der Waals surface area contributed by atoms with Crippen LogP contribution in [-0.4, -0.2) is 57.3 Å². The molecule has 2 N–H and O–H groups in total. The van der Waals surface area contributed by atoms with Crippen molar-refractivity contribution < 1.29 is 9.53 Å². The molecule has 0 saturated carbocycles. The van der Waals surface area contributed by atoms with Crippen LogP contribution in [0.25, 0.3) is 11.2 Å². The van der Waals surface area contributed by atoms with Crippen molar-refractivity contribution in [1.82, 2.24) is 24.6 Å². The molecule has 0 aliphatic carbocycles. The Labute approximate surface area is 163 Å². The van der Waals surface area contributed by atoms with Gasteiger partial charge in [0.25, 0.3) is 0 Å². The lowest BCUT2D eigenvalue weighted by Gasteiger charge is -2.16. The van der Waals surface area contributed by atoms with Crippen molar-refractivity contribution in [3.05, 3.63) is 47.9 Å². The van der Waals surface area contributed by atoms with Gasteiger partial charge in [-0.2, -0.15) is 5.10 Å². The zero-order valence-electron chi connectivity index (χ0n) is 15.9. The number of carbonyl (C=O) groups excluding carboxylic acids is 1. The first-order valence-electron chi connectivity index (χ1n) is 9.47. The van der Waals surface area contributed by atoms with Crippen LogP contribution in [0.3, 0.4) is 0 Å². The van der Waals surface area contributed by atoms with Gasteiger partial charge in [0.05, 0.1) is 25.8 Å². The molecule has 3 aromatic rings. The molecule has 8 heteroatoms. The van der Waals surface area contributed by atoms with Gasteiger partial charge >= 0.3 is 0 Å². The number of hydrogen-bond donors (Lipinski definition) is 1. The molecule has 1 aliphatic heterocycles. The molecule has 4 rings (SSSR count). The second kappa shape index (κ2) is 7.93. The van der Waals surface area contributed by atoms with E-state index in [0.29, 0.717) is 26.1 Å². The summed E-state index contributed by atoms with van der Waals surface area (Å²) in [6.45, 7) is 2.47. The summed E-state index contributed by atoms with van der Waals surface area (Å²) < 4.78 is 6.99. The van der Waals surface area contributed by atoms with Crippen LogP contribution in [0.15, 0.2) is 36.7 Å². The molecule has 1 fully saturated rings. The van der Waals surface area contributed by atoms with Crippen molar-refractivity contribution in [2.24, 2.45) is 5.73 Å². The number of benzene rings is 1. The average Bonchev–Trinajstić information content (AvgIpc) is 3.34. The fraction of sp³-hybridized carbons (Fsp3) is 0.400. The highest BCUT2D eigenvalue weighted by atomic mass is 16.5. The smallest absolute Gasteiger partial charge is 0.227 e. The molecular weight excluding hydrogens is 356 g/mol. The molecule has 146 valence electrons. The first-order valence-corrected chi connectivity index (χ1v) is 9.47. The highest BCUT2D eigenvalue weighted by Gasteiger charge is 2.31. The van der Waals surface area contributed by atoms with Crippen LogP contribution >= 0.6 is 0 Å². The molecule has 1 aromatic carbocycles. The molecule has 0 radical (unpaired) electrons. The van der Waals surface area contributed by atoms with Crippen LogP contribution in [-0.2, 0) is 17.8 Å². The Morgan fingerprint density at radius 2 is 2.04 bits per heavy atom. The molecule has 1 amide bonds. The Kier molecular flexibility index (Phi) is 5.21. The van der Waals surface area contributed by atoms with Gasteiger partial charge in [-0.3, -0.25) is 4.79 Å². The molecule has 0 spiro atoms. The fourth-order valence-electron chi connectivity index (χ4n) is 3.72. The van der Waals surface area contributed by atoms with E-state index in [1.165, 1.54) is 0 Å². The summed E-state index contributed by atoms with van der Waals surface area (Å²) >= 11 is 0. The second-order valence-corrected chi connectivity index (χ2v) is 6.98. The third-order valence-electron chi connectivity index (χ3n) is 5.18. The van der Waals surface area contributed by atoms with Gasteiger partial charge < -0.3 is 15.4 Å². The highest BCUT2D eigenvalue weighted by molar-refractivity contribution is 5.79. The zero-order chi connectivity index (χ0) is 19.5. The van der Waals surface area contributed by atoms with Gasteiger partial charge in [0.1, 0.15) is 11.3 Å². The molecule has 2 aromatic heterocycles. The predicted molar refractivity (Wildman–Crippen MR) is 105 cm³/mol. The van der Waals surface area contributed by atoms with E-state index in [2.05, 4.69) is 9.97 Å². The lowest BCUT2D eigenvalue weighted by atomic mass is 10.0. The third kappa shape index (κ3) is 3.55. The third-order valence-corrected chi connectivity index (χ3v) is 5.18. The van der Waals surface area contributed by atoms with Gasteiger partial charge in [-0.1, -0.05) is 12.1 Å². The van der Waals surface area contributed by atoms with Crippen LogP contribution in [0.4, 0.5) is 0 Å². The van der Waals surface area contributed by atoms with Crippen molar-refractivity contribution in [2.75, 3.05) is 26.7 Å².